The molecule has 0 aliphatic rings. The Morgan fingerprint density at radius 2 is 1.65 bits per heavy atom. The minimum atomic E-state index is -1.14. The average Bonchev–Trinajstić information content (AvgIpc) is 2.16. The Bertz CT molecular complexity index is 270. The molecule has 0 unspecified atom stereocenters. The summed E-state index contributed by atoms with van der Waals surface area (Å²) in [4.78, 5) is 28.2. The second-order valence-electron chi connectivity index (χ2n) is 4.28. The van der Waals surface area contributed by atoms with Crippen LogP contribution < -0.4 is 0 Å². The molecule has 0 aliphatic heterocycles. The van der Waals surface area contributed by atoms with E-state index < -0.39 is 17.8 Å². The predicted molar refractivity (Wildman–Crippen MR) is 59.3 cm³/mol. The highest BCUT2D eigenvalue weighted by Gasteiger charge is 2.25. The van der Waals surface area contributed by atoms with Gasteiger partial charge < -0.3 is 9.64 Å². The smallest absolute Gasteiger partial charge is 0.427 e. The lowest BCUT2D eigenvalue weighted by atomic mass is 10.2. The summed E-state index contributed by atoms with van der Waals surface area (Å²) in [6, 6.07) is -0.819. The van der Waals surface area contributed by atoms with E-state index >= 15 is 0 Å². The maximum atomic E-state index is 11.5. The number of hydroxylamine groups is 2. The molecule has 0 heterocycles. The molecule has 2 amide bonds. The van der Waals surface area contributed by atoms with E-state index in [1.165, 1.54) is 4.90 Å². The van der Waals surface area contributed by atoms with E-state index in [2.05, 4.69) is 4.84 Å². The number of rotatable bonds is 2. The first-order valence-corrected chi connectivity index (χ1v) is 5.40. The molecule has 0 spiro atoms. The Balaban J connectivity index is 4.30. The van der Waals surface area contributed by atoms with Gasteiger partial charge in [-0.05, 0) is 39.8 Å². The third-order valence-electron chi connectivity index (χ3n) is 1.75. The minimum absolute atomic E-state index is 0.124. The molecule has 0 saturated heterocycles. The average molecular weight is 248 g/mol. The van der Waals surface area contributed by atoms with Gasteiger partial charge in [-0.3, -0.25) is 10.0 Å². The van der Waals surface area contributed by atoms with Gasteiger partial charge in [0.15, 0.2) is 0 Å². The molecule has 0 fully saturated rings. The minimum Gasteiger partial charge on any atom is -0.427 e. The zero-order valence-electron chi connectivity index (χ0n) is 10.9. The number of carbonyl (C=O) groups is 2. The molecule has 0 bridgehead atoms. The van der Waals surface area contributed by atoms with Crippen molar-refractivity contribution in [1.29, 1.82) is 0 Å². The molecule has 7 heteroatoms. The van der Waals surface area contributed by atoms with Gasteiger partial charge in [-0.2, -0.15) is 0 Å². The number of nitrogens with zero attached hydrogens (tertiary/aromatic N) is 2. The van der Waals surface area contributed by atoms with Gasteiger partial charge in [0, 0.05) is 13.1 Å². The highest BCUT2D eigenvalue weighted by molar-refractivity contribution is 5.73. The van der Waals surface area contributed by atoms with Crippen LogP contribution in [0.5, 0.6) is 0 Å². The molecule has 0 saturated carbocycles. The maximum Gasteiger partial charge on any atom is 0.536 e. The van der Waals surface area contributed by atoms with Gasteiger partial charge in [0.25, 0.3) is 0 Å². The van der Waals surface area contributed by atoms with Gasteiger partial charge >= 0.3 is 12.2 Å². The molecule has 0 aliphatic carbocycles. The van der Waals surface area contributed by atoms with E-state index in [9.17, 15) is 14.8 Å². The monoisotopic (exact) mass is 248 g/mol. The lowest BCUT2D eigenvalue weighted by Crippen LogP contribution is -2.43. The number of urea groups is 1. The Kier molecular flexibility index (Phi) is 5.73. The van der Waals surface area contributed by atoms with Crippen molar-refractivity contribution in [1.82, 2.24) is 10.1 Å². The first-order chi connectivity index (χ1) is 7.71. The molecule has 0 atom stereocenters. The summed E-state index contributed by atoms with van der Waals surface area (Å²) in [5, 5.41) is 9.11. The molecule has 0 aromatic heterocycles. The van der Waals surface area contributed by atoms with Crippen LogP contribution in [-0.4, -0.2) is 46.2 Å². The van der Waals surface area contributed by atoms with Gasteiger partial charge in [-0.25, -0.2) is 9.59 Å². The molecular weight excluding hydrogens is 228 g/mol. The maximum absolute atomic E-state index is 11.5. The Hall–Kier alpha value is -1.50. The first kappa shape index (κ1) is 15.5. The molecule has 17 heavy (non-hydrogen) atoms. The topological polar surface area (TPSA) is 79.3 Å². The van der Waals surface area contributed by atoms with Crippen molar-refractivity contribution in [3.63, 3.8) is 0 Å². The molecule has 100 valence electrons. The fourth-order valence-corrected chi connectivity index (χ4v) is 0.993. The van der Waals surface area contributed by atoms with Crippen molar-refractivity contribution in [3.8, 4) is 0 Å². The quantitative estimate of drug-likeness (QED) is 0.459. The lowest BCUT2D eigenvalue weighted by Gasteiger charge is -2.24. The van der Waals surface area contributed by atoms with Crippen LogP contribution in [0, 0.1) is 0 Å². The van der Waals surface area contributed by atoms with Gasteiger partial charge in [0.1, 0.15) is 5.60 Å². The van der Waals surface area contributed by atoms with Crippen LogP contribution in [-0.2, 0) is 9.57 Å². The predicted octanol–water partition coefficient (Wildman–Crippen LogP) is 2.01. The van der Waals surface area contributed by atoms with Crippen LogP contribution >= 0.6 is 0 Å². The van der Waals surface area contributed by atoms with E-state index in [1.807, 2.05) is 0 Å². The van der Waals surface area contributed by atoms with Crippen molar-refractivity contribution >= 4 is 12.2 Å². The molecule has 7 nitrogen and oxygen atoms in total. The van der Waals surface area contributed by atoms with Crippen LogP contribution in [0.1, 0.15) is 34.6 Å². The SMILES string of the molecule is CCN(CC)C(=O)N(O)OC(=O)OC(C)(C)C. The third kappa shape index (κ3) is 5.96. The summed E-state index contributed by atoms with van der Waals surface area (Å²) in [6.45, 7) is 9.19. The van der Waals surface area contributed by atoms with Crippen molar-refractivity contribution in [2.75, 3.05) is 13.1 Å². The summed E-state index contributed by atoms with van der Waals surface area (Å²) in [5.74, 6) is 0. The van der Waals surface area contributed by atoms with Crippen LogP contribution in [0.25, 0.3) is 0 Å². The second kappa shape index (κ2) is 6.29. The number of hydrogen-bond acceptors (Lipinski definition) is 5. The number of carbonyl (C=O) groups excluding carboxylic acids is 2. The third-order valence-corrected chi connectivity index (χ3v) is 1.75. The van der Waals surface area contributed by atoms with Crippen LogP contribution in [0.3, 0.4) is 0 Å². The normalized spacial score (nSPS) is 10.7. The van der Waals surface area contributed by atoms with Crippen molar-refractivity contribution < 1.29 is 24.4 Å². The van der Waals surface area contributed by atoms with Crippen LogP contribution in [0.15, 0.2) is 0 Å². The summed E-state index contributed by atoms with van der Waals surface area (Å²) >= 11 is 0. The second-order valence-corrected chi connectivity index (χ2v) is 4.28. The van der Waals surface area contributed by atoms with Gasteiger partial charge in [0.2, 0.25) is 0 Å². The van der Waals surface area contributed by atoms with E-state index in [0.29, 0.717) is 13.1 Å². The Morgan fingerprint density at radius 1 is 1.18 bits per heavy atom. The van der Waals surface area contributed by atoms with Crippen LogP contribution in [0.2, 0.25) is 0 Å². The van der Waals surface area contributed by atoms with Crippen molar-refractivity contribution in [3.05, 3.63) is 0 Å². The van der Waals surface area contributed by atoms with Crippen LogP contribution in [0.4, 0.5) is 9.59 Å². The van der Waals surface area contributed by atoms with Gasteiger partial charge in [0.05, 0.1) is 0 Å². The highest BCUT2D eigenvalue weighted by atomic mass is 16.9. The number of ether oxygens (including phenoxy) is 1. The fourth-order valence-electron chi connectivity index (χ4n) is 0.993. The summed E-state index contributed by atoms with van der Waals surface area (Å²) in [6.07, 6.45) is -1.14. The number of amides is 2. The number of hydrogen-bond donors (Lipinski definition) is 1. The first-order valence-electron chi connectivity index (χ1n) is 5.40. The molecule has 0 aromatic rings. The standard InChI is InChI=1S/C10H20N2O5/c1-6-11(7-2)8(13)12(15)17-9(14)16-10(3,4)5/h15H,6-7H2,1-5H3. The molecule has 0 radical (unpaired) electrons. The van der Waals surface area contributed by atoms with E-state index in [1.54, 1.807) is 34.6 Å². The Labute approximate surface area is 101 Å². The Morgan fingerprint density at radius 3 is 2.00 bits per heavy atom. The molecule has 1 N–H and O–H groups in total. The van der Waals surface area contributed by atoms with E-state index in [4.69, 9.17) is 4.74 Å². The van der Waals surface area contributed by atoms with Crippen molar-refractivity contribution in [2.45, 2.75) is 40.2 Å². The highest BCUT2D eigenvalue weighted by Crippen LogP contribution is 2.09. The summed E-state index contributed by atoms with van der Waals surface area (Å²) in [5.41, 5.74) is -0.754. The molecule has 0 aromatic carbocycles. The zero-order valence-corrected chi connectivity index (χ0v) is 10.9. The van der Waals surface area contributed by atoms with Gasteiger partial charge in [-0.1, -0.05) is 0 Å². The largest absolute Gasteiger partial charge is 0.536 e. The van der Waals surface area contributed by atoms with E-state index in [0.717, 1.165) is 0 Å². The summed E-state index contributed by atoms with van der Waals surface area (Å²) in [7, 11) is 0. The lowest BCUT2D eigenvalue weighted by molar-refractivity contribution is -0.275. The molecule has 0 rings (SSSR count). The van der Waals surface area contributed by atoms with Gasteiger partial charge in [-0.15, -0.1) is 0 Å². The van der Waals surface area contributed by atoms with Crippen molar-refractivity contribution in [2.24, 2.45) is 0 Å². The molecular formula is C10H20N2O5. The summed E-state index contributed by atoms with van der Waals surface area (Å²) < 4.78 is 4.77. The van der Waals surface area contributed by atoms with E-state index in [-0.39, 0.29) is 5.23 Å². The fraction of sp³-hybridized carbons (Fsp3) is 0.800. The zero-order chi connectivity index (χ0) is 13.6.